The van der Waals surface area contributed by atoms with E-state index in [1.54, 1.807) is 48.3 Å². The van der Waals surface area contributed by atoms with Crippen LogP contribution in [0.15, 0.2) is 48.0 Å². The number of aromatic amines is 1. The number of amides is 1. The van der Waals surface area contributed by atoms with Crippen LogP contribution < -0.4 is 15.5 Å². The van der Waals surface area contributed by atoms with Crippen molar-refractivity contribution in [2.45, 2.75) is 59.0 Å². The predicted molar refractivity (Wildman–Crippen MR) is 184 cm³/mol. The number of carbonyl (C=O) groups excluding carboxylic acids is 1. The highest BCUT2D eigenvalue weighted by Gasteiger charge is 2.40. The number of anilines is 2. The van der Waals surface area contributed by atoms with Crippen LogP contribution >= 0.6 is 0 Å². The molecule has 5 heterocycles. The molecule has 12 heteroatoms. The molecular formula is C36H38F2N8O2. The maximum absolute atomic E-state index is 17.8. The normalized spacial score (nSPS) is 18.0. The van der Waals surface area contributed by atoms with Crippen LogP contribution in [0.2, 0.25) is 0 Å². The summed E-state index contributed by atoms with van der Waals surface area (Å²) in [6, 6.07) is 4.87. The first-order valence-electron chi connectivity index (χ1n) is 16.2. The molecule has 10 nitrogen and oxygen atoms in total. The van der Waals surface area contributed by atoms with E-state index < -0.39 is 17.3 Å². The van der Waals surface area contributed by atoms with Gasteiger partial charge >= 0.3 is 5.69 Å². The number of piperazine rings is 1. The first kappa shape index (κ1) is 31.5. The molecule has 2 unspecified atom stereocenters. The van der Waals surface area contributed by atoms with Gasteiger partial charge in [0, 0.05) is 55.9 Å². The van der Waals surface area contributed by atoms with Crippen molar-refractivity contribution in [2.24, 2.45) is 0 Å². The van der Waals surface area contributed by atoms with E-state index in [-0.39, 0.29) is 51.9 Å². The fourth-order valence-electron chi connectivity index (χ4n) is 7.54. The van der Waals surface area contributed by atoms with E-state index in [4.69, 9.17) is 0 Å². The molecule has 1 fully saturated rings. The highest BCUT2D eigenvalue weighted by atomic mass is 19.1. The van der Waals surface area contributed by atoms with Gasteiger partial charge in [-0.15, -0.1) is 0 Å². The van der Waals surface area contributed by atoms with E-state index in [2.05, 4.69) is 26.7 Å². The lowest BCUT2D eigenvalue weighted by atomic mass is 9.92. The molecule has 48 heavy (non-hydrogen) atoms. The van der Waals surface area contributed by atoms with Gasteiger partial charge in [0.15, 0.2) is 11.6 Å². The Kier molecular flexibility index (Phi) is 7.56. The van der Waals surface area contributed by atoms with Crippen LogP contribution in [0.25, 0.3) is 38.6 Å². The van der Waals surface area contributed by atoms with Crippen molar-refractivity contribution < 1.29 is 13.6 Å². The predicted octanol–water partition coefficient (Wildman–Crippen LogP) is 5.77. The minimum Gasteiger partial charge on any atom is -0.371 e. The van der Waals surface area contributed by atoms with Gasteiger partial charge in [-0.25, -0.2) is 13.6 Å². The van der Waals surface area contributed by atoms with E-state index in [0.29, 0.717) is 65.0 Å². The molecule has 248 valence electrons. The van der Waals surface area contributed by atoms with Crippen LogP contribution in [-0.2, 0) is 4.79 Å². The number of hydrogen-bond donors (Lipinski definition) is 1. The molecule has 2 aromatic carbocycles. The number of benzene rings is 2. The molecule has 7 rings (SSSR count). The van der Waals surface area contributed by atoms with Crippen LogP contribution in [0.1, 0.15) is 49.9 Å². The quantitative estimate of drug-likeness (QED) is 0.246. The fraction of sp³-hybridized carbons (Fsp3) is 0.361. The lowest BCUT2D eigenvalue weighted by Gasteiger charge is -2.47. The van der Waals surface area contributed by atoms with Crippen molar-refractivity contribution in [1.29, 1.82) is 0 Å². The van der Waals surface area contributed by atoms with Crippen LogP contribution in [-0.4, -0.2) is 74.3 Å². The number of fused-ring (bicyclic) bond motifs is 3. The van der Waals surface area contributed by atoms with Crippen molar-refractivity contribution in [2.75, 3.05) is 36.5 Å². The van der Waals surface area contributed by atoms with Crippen LogP contribution in [0.4, 0.5) is 20.3 Å². The Balaban J connectivity index is 1.66. The molecule has 0 aliphatic carbocycles. The third-order valence-corrected chi connectivity index (χ3v) is 9.93. The Morgan fingerprint density at radius 3 is 2.58 bits per heavy atom. The number of pyridine rings is 1. The molecular weight excluding hydrogens is 614 g/mol. The minimum atomic E-state index is -0.874. The number of H-pyrrole nitrogens is 1. The van der Waals surface area contributed by atoms with Gasteiger partial charge in [-0.05, 0) is 62.4 Å². The average Bonchev–Trinajstić information content (AvgIpc) is 3.53. The molecule has 2 atom stereocenters. The van der Waals surface area contributed by atoms with E-state index >= 15 is 8.78 Å². The zero-order valence-corrected chi connectivity index (χ0v) is 27.9. The van der Waals surface area contributed by atoms with Crippen molar-refractivity contribution in [3.63, 3.8) is 0 Å². The topological polar surface area (TPSA) is 103 Å². The monoisotopic (exact) mass is 652 g/mol. The highest BCUT2D eigenvalue weighted by molar-refractivity contribution is 6.07. The van der Waals surface area contributed by atoms with E-state index in [0.717, 1.165) is 0 Å². The third-order valence-electron chi connectivity index (χ3n) is 9.93. The van der Waals surface area contributed by atoms with Crippen LogP contribution in [0.5, 0.6) is 0 Å². The molecule has 0 spiro atoms. The molecule has 0 bridgehead atoms. The summed E-state index contributed by atoms with van der Waals surface area (Å²) >= 11 is 0. The summed E-state index contributed by atoms with van der Waals surface area (Å²) in [6.07, 6.45) is 5.07. The second-order valence-electron chi connectivity index (χ2n) is 13.3. The summed E-state index contributed by atoms with van der Waals surface area (Å²) in [5, 5.41) is 7.84. The van der Waals surface area contributed by atoms with Gasteiger partial charge in [0.25, 0.3) is 0 Å². The van der Waals surface area contributed by atoms with Gasteiger partial charge in [0.1, 0.15) is 11.3 Å². The van der Waals surface area contributed by atoms with Gasteiger partial charge in [0.2, 0.25) is 5.91 Å². The van der Waals surface area contributed by atoms with Crippen molar-refractivity contribution >= 4 is 39.2 Å². The maximum Gasteiger partial charge on any atom is 0.354 e. The van der Waals surface area contributed by atoms with Gasteiger partial charge in [0.05, 0.1) is 39.7 Å². The number of aryl methyl sites for hydroxylation is 2. The van der Waals surface area contributed by atoms with Crippen molar-refractivity contribution in [3.8, 4) is 16.8 Å². The zero-order valence-electron chi connectivity index (χ0n) is 27.9. The number of rotatable bonds is 4. The molecule has 2 aliphatic heterocycles. The van der Waals surface area contributed by atoms with Crippen LogP contribution in [0.3, 0.4) is 0 Å². The Morgan fingerprint density at radius 2 is 1.85 bits per heavy atom. The number of nitrogens with zero attached hydrogens (tertiary/aromatic N) is 7. The largest absolute Gasteiger partial charge is 0.371 e. The van der Waals surface area contributed by atoms with Crippen LogP contribution in [0, 0.1) is 25.5 Å². The summed E-state index contributed by atoms with van der Waals surface area (Å²) in [4.78, 5) is 42.0. The molecule has 3 aromatic heterocycles. The standard InChI is InChI=1S/C36H38F2N8O2/c1-8-25(47)44-17-22-12-14-43(7)33-28-34(30(38)27(29(33)37)26-19(4)9-10-24-23(26)15-40-42-24)46(32-20(5)11-13-39-31(32)18(2)3)36(48)41-35(28)45(22)16-21(44)6/h8-11,13,15,18,21-22H,1,12,14,16-17H2,2-7H3,(H,40,42). The minimum absolute atomic E-state index is 0.0703. The highest BCUT2D eigenvalue weighted by Crippen LogP contribution is 2.47. The van der Waals surface area contributed by atoms with E-state index in [1.165, 1.54) is 10.6 Å². The number of aromatic nitrogens is 5. The average molecular weight is 653 g/mol. The Morgan fingerprint density at radius 1 is 1.08 bits per heavy atom. The smallest absolute Gasteiger partial charge is 0.354 e. The third kappa shape index (κ3) is 4.60. The molecule has 0 radical (unpaired) electrons. The summed E-state index contributed by atoms with van der Waals surface area (Å²) in [7, 11) is 1.77. The molecule has 5 aromatic rings. The summed E-state index contributed by atoms with van der Waals surface area (Å²) in [6.45, 7) is 14.2. The van der Waals surface area contributed by atoms with E-state index in [9.17, 15) is 9.59 Å². The van der Waals surface area contributed by atoms with Gasteiger partial charge in [-0.1, -0.05) is 26.5 Å². The Bertz CT molecular complexity index is 2210. The van der Waals surface area contributed by atoms with Gasteiger partial charge < -0.3 is 14.7 Å². The van der Waals surface area contributed by atoms with Gasteiger partial charge in [-0.2, -0.15) is 10.1 Å². The maximum atomic E-state index is 17.8. The number of hydrogen-bond acceptors (Lipinski definition) is 7. The summed E-state index contributed by atoms with van der Waals surface area (Å²) < 4.78 is 36.6. The fourth-order valence-corrected chi connectivity index (χ4v) is 7.54. The molecule has 0 saturated carbocycles. The lowest BCUT2D eigenvalue weighted by molar-refractivity contribution is -0.128. The van der Waals surface area contributed by atoms with Gasteiger partial charge in [-0.3, -0.25) is 19.4 Å². The van der Waals surface area contributed by atoms with Crippen molar-refractivity contribution in [3.05, 3.63) is 82.2 Å². The van der Waals surface area contributed by atoms with Crippen molar-refractivity contribution in [1.82, 2.24) is 29.6 Å². The zero-order chi connectivity index (χ0) is 34.2. The molecule has 1 amide bonds. The molecule has 1 N–H and O–H groups in total. The Labute approximate surface area is 276 Å². The second kappa shape index (κ2) is 11.5. The number of carbonyl (C=O) groups is 1. The Hall–Kier alpha value is -5.13. The molecule has 1 saturated heterocycles. The summed E-state index contributed by atoms with van der Waals surface area (Å²) in [5.41, 5.74) is 2.51. The lowest BCUT2D eigenvalue weighted by Crippen LogP contribution is -2.60. The number of halogens is 2. The van der Waals surface area contributed by atoms with E-state index in [1.807, 2.05) is 38.7 Å². The number of nitrogens with one attached hydrogen (secondary N) is 1. The first-order valence-corrected chi connectivity index (χ1v) is 16.2. The summed E-state index contributed by atoms with van der Waals surface area (Å²) in [5.74, 6) is -1.73. The molecule has 2 aliphatic rings. The SMILES string of the molecule is C=CC(=O)N1CC2CCN(C)c3c(F)c(-c4c(C)ccc5[nH]ncc45)c(F)c4c3c(nc(=O)n4-c3c(C)ccnc3C(C)C)N2CC1C. The first-order chi connectivity index (χ1) is 22.9. The second-order valence-corrected chi connectivity index (χ2v) is 13.3.